The van der Waals surface area contributed by atoms with E-state index in [1.165, 1.54) is 15.8 Å². The van der Waals surface area contributed by atoms with Gasteiger partial charge in [0.05, 0.1) is 56.8 Å². The monoisotopic (exact) mass is 1370 g/mol. The Balaban J connectivity index is 0.786. The topological polar surface area (TPSA) is 333 Å². The lowest BCUT2D eigenvalue weighted by Crippen LogP contribution is -2.49. The number of allylic oxidation sites excluding steroid dienone is 2. The molecule has 0 saturated carbocycles. The molecule has 0 spiro atoms. The van der Waals surface area contributed by atoms with Crippen LogP contribution in [0, 0.1) is 0 Å². The number of nitrogens with two attached hydrogens (primary N) is 1. The van der Waals surface area contributed by atoms with Gasteiger partial charge in [0.15, 0.2) is 23.2 Å². The number of aromatic nitrogens is 4. The molecular weight excluding hydrogens is 1300 g/mol. The van der Waals surface area contributed by atoms with E-state index in [9.17, 15) is 43.4 Å². The third-order valence-electron chi connectivity index (χ3n) is 16.0. The number of aliphatic hydroxyl groups excluding tert-OH is 2. The number of carbonyl (C=O) groups excluding carboxylic acids is 2. The number of likely N-dealkylation sites (N-methyl/N-ethyl adjacent to an activating group) is 2. The maximum absolute atomic E-state index is 15.0. The number of anilines is 2. The summed E-state index contributed by atoms with van der Waals surface area (Å²) in [5.41, 5.74) is 12.1. The Labute approximate surface area is 533 Å². The Kier molecular flexibility index (Phi) is 20.5. The van der Waals surface area contributed by atoms with Crippen LogP contribution in [-0.4, -0.2) is 137 Å². The fourth-order valence-corrected chi connectivity index (χ4v) is 16.6. The molecule has 7 atom stereocenters. The van der Waals surface area contributed by atoms with E-state index < -0.39 is 67.1 Å². The second-order valence-electron chi connectivity index (χ2n) is 23.1. The maximum atomic E-state index is 15.0. The van der Waals surface area contributed by atoms with Gasteiger partial charge in [0.1, 0.15) is 48.2 Å². The number of hydrogen-bond acceptors (Lipinski definition) is 18. The fraction of sp³-hybridized carbons (Fsp3) is 0.474. The van der Waals surface area contributed by atoms with Crippen LogP contribution in [0.5, 0.6) is 11.5 Å². The predicted molar refractivity (Wildman–Crippen MR) is 337 cm³/mol. The molecule has 482 valence electrons. The van der Waals surface area contributed by atoms with E-state index in [2.05, 4.69) is 118 Å². The highest BCUT2D eigenvalue weighted by molar-refractivity contribution is 7.66. The Morgan fingerprint density at radius 3 is 2.18 bits per heavy atom. The van der Waals surface area contributed by atoms with Crippen molar-refractivity contribution in [3.63, 3.8) is 0 Å². The number of unbranched alkanes of at least 4 members (excludes halogenated alkanes) is 3. The predicted octanol–water partition coefficient (Wildman–Crippen LogP) is 9.32. The van der Waals surface area contributed by atoms with Gasteiger partial charge < -0.3 is 55.2 Å². The van der Waals surface area contributed by atoms with Gasteiger partial charge in [0.2, 0.25) is 11.3 Å². The number of phosphoric ester groups is 2. The average molecular weight is 1370 g/mol. The summed E-state index contributed by atoms with van der Waals surface area (Å²) < 4.78 is 71.6. The summed E-state index contributed by atoms with van der Waals surface area (Å²) in [7, 11) is -15.2. The van der Waals surface area contributed by atoms with Crippen molar-refractivity contribution in [3.05, 3.63) is 108 Å². The first-order valence-electron chi connectivity index (χ1n) is 28.6. The van der Waals surface area contributed by atoms with Gasteiger partial charge in [-0.2, -0.15) is 8.62 Å². The van der Waals surface area contributed by atoms with Gasteiger partial charge in [-0.1, -0.05) is 65.3 Å². The molecule has 1 fully saturated rings. The lowest BCUT2D eigenvalue weighted by atomic mass is 9.83. The average Bonchev–Trinajstić information content (AvgIpc) is 1.48. The van der Waals surface area contributed by atoms with Crippen molar-refractivity contribution in [1.29, 1.82) is 0 Å². The number of halogens is 4. The van der Waals surface area contributed by atoms with Crippen LogP contribution in [0.2, 0.25) is 20.1 Å². The van der Waals surface area contributed by atoms with Crippen molar-refractivity contribution < 1.29 is 75.3 Å². The molecule has 2 aromatic heterocycles. The number of hydrogen-bond donors (Lipinski definition) is 7. The number of benzene rings is 3. The van der Waals surface area contributed by atoms with Crippen LogP contribution in [0.25, 0.3) is 27.9 Å². The molecule has 0 aliphatic carbocycles. The molecule has 5 aromatic rings. The zero-order valence-corrected chi connectivity index (χ0v) is 55.9. The minimum absolute atomic E-state index is 0.0202. The number of phosphoric acid groups is 3. The van der Waals surface area contributed by atoms with Gasteiger partial charge in [-0.3, -0.25) is 23.2 Å². The van der Waals surface area contributed by atoms with Crippen LogP contribution in [0.3, 0.4) is 0 Å². The summed E-state index contributed by atoms with van der Waals surface area (Å²) in [6, 6.07) is 8.24. The van der Waals surface area contributed by atoms with Crippen molar-refractivity contribution in [1.82, 2.24) is 34.3 Å². The molecule has 1 saturated heterocycles. The first-order valence-corrected chi connectivity index (χ1v) is 34.6. The smallest absolute Gasteiger partial charge is 0.456 e. The molecule has 25 nitrogen and oxygen atoms in total. The van der Waals surface area contributed by atoms with E-state index in [4.69, 9.17) is 70.7 Å². The zero-order valence-electron chi connectivity index (χ0n) is 50.2. The van der Waals surface area contributed by atoms with Crippen molar-refractivity contribution in [2.45, 2.75) is 130 Å². The number of ether oxygens (including phenoxy) is 2. The second-order valence-corrected chi connectivity index (χ2v) is 29.2. The lowest BCUT2D eigenvalue weighted by molar-refractivity contribution is -0.121. The SMILES string of the molecule is CCN1c2cc3c(cc2C(C)=CC1(C)C)C(c1c(Cl)c(Cl)c(Cl)c(Cl)c1C(=O)N(C)CCCC(=O)NCCCCCCOP(=O)(O)OP(=O)(O)OP(=O)(O)OC[C@H]1O[C@@H](n2cnc4c(N)ncnc42)[C@H](O)[C@@H]1O)=c1cc2c(cc1O3)=[N+](CC)C(C)(C)C=C2C. The van der Waals surface area contributed by atoms with E-state index in [1.807, 2.05) is 12.1 Å². The summed E-state index contributed by atoms with van der Waals surface area (Å²) in [5, 5.41) is 25.5. The zero-order chi connectivity index (χ0) is 65.0. The molecular formula is C57H71Cl4N9O16P3+. The standard InChI is InChI=1S/C57H70Cl4N9O16P3/c1-10-69-36-23-38-34(21-32(36)30(3)25-56(69,5)6)42(35-22-33-31(4)26-57(7,8)70(11-2)37(33)24-39(35)83-38)43-44(46(59)48(61)47(60)45(43)58)54(74)67(9)19-16-17-41(71)63-18-14-12-13-15-20-81-87(75,76)85-89(79,80)86-88(77,78)82-27-40-50(72)51(73)55(84-40)68-29-66-49-52(62)64-28-65-53(49)68/h21-26,28-29,40,50-51,55,72-73H,10-20,27H2,1-9H3,(H5-,62,63,64,65,71,75,76,77,78,79,80)/p+1/t40-,50-,51-,55-/m1/s1. The summed E-state index contributed by atoms with van der Waals surface area (Å²) in [6.07, 6.45) is 2.47. The van der Waals surface area contributed by atoms with Crippen LogP contribution in [0.15, 0.2) is 49.1 Å². The minimum Gasteiger partial charge on any atom is -0.456 e. The van der Waals surface area contributed by atoms with E-state index in [0.717, 1.165) is 52.7 Å². The largest absolute Gasteiger partial charge is 0.490 e. The van der Waals surface area contributed by atoms with Crippen LogP contribution in [0.4, 0.5) is 11.5 Å². The Bertz CT molecular complexity index is 4020. The van der Waals surface area contributed by atoms with Crippen LogP contribution in [0.1, 0.15) is 133 Å². The summed E-state index contributed by atoms with van der Waals surface area (Å²) in [6.45, 7) is 17.5. The molecule has 9 rings (SSSR count). The second kappa shape index (κ2) is 26.6. The van der Waals surface area contributed by atoms with Gasteiger partial charge in [0, 0.05) is 91.7 Å². The van der Waals surface area contributed by atoms with Crippen molar-refractivity contribution >= 4 is 121 Å². The van der Waals surface area contributed by atoms with E-state index in [0.29, 0.717) is 47.1 Å². The molecule has 89 heavy (non-hydrogen) atoms. The fourth-order valence-electron chi connectivity index (χ4n) is 12.0. The van der Waals surface area contributed by atoms with Crippen LogP contribution in [-0.2, 0) is 40.9 Å². The van der Waals surface area contributed by atoms with Gasteiger partial charge in [-0.25, -0.2) is 33.2 Å². The lowest BCUT2D eigenvalue weighted by Gasteiger charge is -2.43. The molecule has 6 heterocycles. The summed E-state index contributed by atoms with van der Waals surface area (Å²) in [5.74, 6) is 0.317. The Morgan fingerprint density at radius 2 is 1.48 bits per heavy atom. The highest BCUT2D eigenvalue weighted by atomic mass is 35.5. The first-order chi connectivity index (χ1) is 41.7. The summed E-state index contributed by atoms with van der Waals surface area (Å²) in [4.78, 5) is 74.1. The number of nitrogens with one attached hydrogen (secondary N) is 1. The van der Waals surface area contributed by atoms with Gasteiger partial charge in [0.25, 0.3) is 5.91 Å². The van der Waals surface area contributed by atoms with E-state index in [1.54, 1.807) is 7.05 Å². The molecule has 4 aliphatic heterocycles. The number of carbonyl (C=O) groups is 2. The Hall–Kier alpha value is -4.85. The number of nitrogen functional groups attached to an aromatic ring is 1. The number of fused-ring (bicyclic) bond motifs is 5. The molecule has 4 aliphatic rings. The molecule has 3 unspecified atom stereocenters. The molecule has 3 aromatic carbocycles. The molecule has 32 heteroatoms. The number of nitrogens with zero attached hydrogens (tertiary/aromatic N) is 7. The molecule has 0 radical (unpaired) electrons. The molecule has 2 amide bonds. The quantitative estimate of drug-likeness (QED) is 0.00975. The minimum atomic E-state index is -5.83. The van der Waals surface area contributed by atoms with Crippen molar-refractivity contribution in [2.75, 3.05) is 57.1 Å². The highest BCUT2D eigenvalue weighted by Gasteiger charge is 2.48. The van der Waals surface area contributed by atoms with Gasteiger partial charge >= 0.3 is 23.5 Å². The van der Waals surface area contributed by atoms with Crippen LogP contribution >= 0.6 is 69.9 Å². The molecule has 0 bridgehead atoms. The number of imidazole rings is 1. The third-order valence-corrected chi connectivity index (χ3v) is 22.1. The van der Waals surface area contributed by atoms with Crippen molar-refractivity contribution in [2.24, 2.45) is 0 Å². The number of amides is 2. The van der Waals surface area contributed by atoms with Crippen molar-refractivity contribution in [3.8, 4) is 11.5 Å². The number of rotatable bonds is 24. The maximum Gasteiger partial charge on any atom is 0.490 e. The van der Waals surface area contributed by atoms with E-state index in [-0.39, 0.29) is 97.5 Å². The van der Waals surface area contributed by atoms with Gasteiger partial charge in [-0.15, -0.1) is 0 Å². The van der Waals surface area contributed by atoms with Gasteiger partial charge in [-0.05, 0) is 90.2 Å². The Morgan fingerprint density at radius 1 is 0.809 bits per heavy atom. The number of aliphatic hydroxyl groups is 2. The summed E-state index contributed by atoms with van der Waals surface area (Å²) >= 11 is 28.3. The first kappa shape index (κ1) is 68.5. The highest BCUT2D eigenvalue weighted by Crippen LogP contribution is 2.68. The third kappa shape index (κ3) is 14.2. The van der Waals surface area contributed by atoms with Crippen LogP contribution < -0.4 is 35.8 Å². The van der Waals surface area contributed by atoms with E-state index >= 15 is 4.79 Å². The normalized spacial score (nSPS) is 21.1. The molecule has 8 N–H and O–H groups in total.